The molecular weight excluding hydrogens is 231 g/mol. The Hall–Kier alpha value is -1.47. The lowest BCUT2D eigenvalue weighted by Crippen LogP contribution is -2.36. The van der Waals surface area contributed by atoms with Gasteiger partial charge < -0.3 is 9.84 Å². The van der Waals surface area contributed by atoms with Crippen LogP contribution in [-0.2, 0) is 4.74 Å². The van der Waals surface area contributed by atoms with E-state index in [0.29, 0.717) is 5.56 Å². The quantitative estimate of drug-likeness (QED) is 0.722. The van der Waals surface area contributed by atoms with E-state index in [9.17, 15) is 14.0 Å². The third kappa shape index (κ3) is 2.03. The third-order valence-electron chi connectivity index (χ3n) is 2.86. The molecule has 0 radical (unpaired) electrons. The van der Waals surface area contributed by atoms with Crippen LogP contribution < -0.4 is 11.2 Å². The summed E-state index contributed by atoms with van der Waals surface area (Å²) in [5, 5.41) is 8.90. The van der Waals surface area contributed by atoms with E-state index in [1.807, 2.05) is 0 Å². The first-order valence-corrected chi connectivity index (χ1v) is 5.23. The Morgan fingerprint density at radius 3 is 2.94 bits per heavy atom. The van der Waals surface area contributed by atoms with Crippen LogP contribution in [0, 0.1) is 12.8 Å². The van der Waals surface area contributed by atoms with Gasteiger partial charge in [-0.3, -0.25) is 14.3 Å². The average molecular weight is 244 g/mol. The standard InChI is InChI=1S/C10H13FN2O4/c1-5-2-13(10(16)12-8(5)15)9-7(11)6(3-14)4-17-9/h2,6-7,9,14H,3-4H2,1H3,(H,12,15,16)/t6-,7+,9+/m0/s1. The number of aromatic nitrogens is 2. The van der Waals surface area contributed by atoms with Crippen LogP contribution in [0.15, 0.2) is 15.8 Å². The highest BCUT2D eigenvalue weighted by atomic mass is 19.1. The Balaban J connectivity index is 2.39. The summed E-state index contributed by atoms with van der Waals surface area (Å²) in [5.74, 6) is -0.640. The highest BCUT2D eigenvalue weighted by Gasteiger charge is 2.38. The Bertz CT molecular complexity index is 524. The van der Waals surface area contributed by atoms with Crippen LogP contribution in [0.25, 0.3) is 0 Å². The van der Waals surface area contributed by atoms with Crippen molar-refractivity contribution in [2.75, 3.05) is 13.2 Å². The SMILES string of the molecule is Cc1cn([C@@H]2OC[C@H](CO)[C@H]2F)c(=O)[nH]c1=O. The molecule has 0 bridgehead atoms. The molecule has 7 heteroatoms. The summed E-state index contributed by atoms with van der Waals surface area (Å²) in [7, 11) is 0. The molecule has 1 aromatic heterocycles. The summed E-state index contributed by atoms with van der Waals surface area (Å²) in [5.41, 5.74) is -0.918. The van der Waals surface area contributed by atoms with Crippen LogP contribution in [0.3, 0.4) is 0 Å². The predicted molar refractivity (Wildman–Crippen MR) is 56.5 cm³/mol. The number of hydrogen-bond acceptors (Lipinski definition) is 4. The van der Waals surface area contributed by atoms with E-state index in [-0.39, 0.29) is 13.2 Å². The van der Waals surface area contributed by atoms with Gasteiger partial charge in [0.15, 0.2) is 12.4 Å². The van der Waals surface area contributed by atoms with Crippen LogP contribution in [0.1, 0.15) is 11.8 Å². The first-order chi connectivity index (χ1) is 8.04. The molecule has 0 aromatic carbocycles. The highest BCUT2D eigenvalue weighted by Crippen LogP contribution is 2.29. The van der Waals surface area contributed by atoms with E-state index in [1.165, 1.54) is 13.1 Å². The second kappa shape index (κ2) is 4.42. The van der Waals surface area contributed by atoms with Crippen molar-refractivity contribution >= 4 is 0 Å². The van der Waals surface area contributed by atoms with Crippen molar-refractivity contribution in [1.82, 2.24) is 9.55 Å². The second-order valence-electron chi connectivity index (χ2n) is 4.09. The lowest BCUT2D eigenvalue weighted by molar-refractivity contribution is 0.0174. The minimum absolute atomic E-state index is 0.0486. The van der Waals surface area contributed by atoms with Gasteiger partial charge in [0.25, 0.3) is 5.56 Å². The molecule has 1 fully saturated rings. The van der Waals surface area contributed by atoms with Crippen molar-refractivity contribution in [1.29, 1.82) is 0 Å². The molecule has 0 saturated carbocycles. The lowest BCUT2D eigenvalue weighted by atomic mass is 10.1. The molecule has 3 atom stereocenters. The average Bonchev–Trinajstić information content (AvgIpc) is 2.65. The van der Waals surface area contributed by atoms with Crippen molar-refractivity contribution in [3.63, 3.8) is 0 Å². The van der Waals surface area contributed by atoms with Gasteiger partial charge in [0.2, 0.25) is 0 Å². The molecule has 0 aliphatic carbocycles. The Kier molecular flexibility index (Phi) is 3.12. The molecule has 2 rings (SSSR count). The zero-order chi connectivity index (χ0) is 12.6. The molecule has 0 unspecified atom stereocenters. The zero-order valence-corrected chi connectivity index (χ0v) is 9.22. The van der Waals surface area contributed by atoms with Crippen LogP contribution in [-0.4, -0.2) is 34.0 Å². The fourth-order valence-corrected chi connectivity index (χ4v) is 1.80. The smallest absolute Gasteiger partial charge is 0.330 e. The van der Waals surface area contributed by atoms with Gasteiger partial charge in [-0.2, -0.15) is 0 Å². The number of nitrogens with one attached hydrogen (secondary N) is 1. The number of aromatic amines is 1. The van der Waals surface area contributed by atoms with E-state index in [0.717, 1.165) is 4.57 Å². The maximum Gasteiger partial charge on any atom is 0.330 e. The summed E-state index contributed by atoms with van der Waals surface area (Å²) in [6.07, 6.45) is -1.30. The number of ether oxygens (including phenoxy) is 1. The normalized spacial score (nSPS) is 28.5. The first kappa shape index (κ1) is 12.0. The molecular formula is C10H13FN2O4. The fourth-order valence-electron chi connectivity index (χ4n) is 1.80. The maximum absolute atomic E-state index is 13.8. The molecule has 1 aliphatic rings. The summed E-state index contributed by atoms with van der Waals surface area (Å²) < 4.78 is 20.0. The summed E-state index contributed by atoms with van der Waals surface area (Å²) in [4.78, 5) is 24.8. The zero-order valence-electron chi connectivity index (χ0n) is 9.22. The summed E-state index contributed by atoms with van der Waals surface area (Å²) in [6, 6.07) is 0. The summed E-state index contributed by atoms with van der Waals surface area (Å²) >= 11 is 0. The predicted octanol–water partition coefficient (Wildman–Crippen LogP) is -0.680. The molecule has 2 N–H and O–H groups in total. The number of aliphatic hydroxyl groups is 1. The van der Waals surface area contributed by atoms with Gasteiger partial charge in [-0.15, -0.1) is 0 Å². The lowest BCUT2D eigenvalue weighted by Gasteiger charge is -2.16. The van der Waals surface area contributed by atoms with Crippen molar-refractivity contribution in [3.05, 3.63) is 32.6 Å². The van der Waals surface area contributed by atoms with Gasteiger partial charge in [0, 0.05) is 17.7 Å². The molecule has 0 spiro atoms. The van der Waals surface area contributed by atoms with Crippen LogP contribution in [0.2, 0.25) is 0 Å². The number of halogens is 1. The fraction of sp³-hybridized carbons (Fsp3) is 0.600. The molecule has 1 aromatic rings. The van der Waals surface area contributed by atoms with Gasteiger partial charge in [-0.1, -0.05) is 0 Å². The van der Waals surface area contributed by atoms with Crippen molar-refractivity contribution in [2.24, 2.45) is 5.92 Å². The number of nitrogens with zero attached hydrogens (tertiary/aromatic N) is 1. The number of rotatable bonds is 2. The topological polar surface area (TPSA) is 84.3 Å². The monoisotopic (exact) mass is 244 g/mol. The second-order valence-corrected chi connectivity index (χ2v) is 4.09. The maximum atomic E-state index is 13.8. The van der Waals surface area contributed by atoms with Gasteiger partial charge in [-0.25, -0.2) is 9.18 Å². The van der Waals surface area contributed by atoms with Crippen molar-refractivity contribution in [3.8, 4) is 0 Å². The van der Waals surface area contributed by atoms with Gasteiger partial charge >= 0.3 is 5.69 Å². The minimum Gasteiger partial charge on any atom is -0.396 e. The van der Waals surface area contributed by atoms with Gasteiger partial charge in [-0.05, 0) is 6.92 Å². The first-order valence-electron chi connectivity index (χ1n) is 5.23. The minimum atomic E-state index is -1.47. The molecule has 1 aliphatic heterocycles. The largest absolute Gasteiger partial charge is 0.396 e. The third-order valence-corrected chi connectivity index (χ3v) is 2.86. The molecule has 0 amide bonds. The molecule has 6 nitrogen and oxygen atoms in total. The van der Waals surface area contributed by atoms with Crippen LogP contribution in [0.5, 0.6) is 0 Å². The Morgan fingerprint density at radius 1 is 1.65 bits per heavy atom. The molecule has 17 heavy (non-hydrogen) atoms. The highest BCUT2D eigenvalue weighted by molar-refractivity contribution is 5.02. The summed E-state index contributed by atoms with van der Waals surface area (Å²) in [6.45, 7) is 1.22. The van der Waals surface area contributed by atoms with Crippen molar-refractivity contribution < 1.29 is 14.2 Å². The molecule has 94 valence electrons. The number of hydrogen-bond donors (Lipinski definition) is 2. The number of alkyl halides is 1. The van der Waals surface area contributed by atoms with E-state index >= 15 is 0 Å². The number of H-pyrrole nitrogens is 1. The van der Waals surface area contributed by atoms with Crippen molar-refractivity contribution in [2.45, 2.75) is 19.3 Å². The van der Waals surface area contributed by atoms with Gasteiger partial charge in [0.05, 0.1) is 13.2 Å². The Morgan fingerprint density at radius 2 is 2.35 bits per heavy atom. The van der Waals surface area contributed by atoms with E-state index < -0.39 is 29.6 Å². The molecule has 1 saturated heterocycles. The Labute approximate surface area is 95.7 Å². The van der Waals surface area contributed by atoms with E-state index in [4.69, 9.17) is 9.84 Å². The van der Waals surface area contributed by atoms with E-state index in [2.05, 4.69) is 4.98 Å². The van der Waals surface area contributed by atoms with E-state index in [1.54, 1.807) is 0 Å². The number of aliphatic hydroxyl groups excluding tert-OH is 1. The molecule has 2 heterocycles. The van der Waals surface area contributed by atoms with Crippen LogP contribution >= 0.6 is 0 Å². The number of aryl methyl sites for hydroxylation is 1. The van der Waals surface area contributed by atoms with Crippen LogP contribution in [0.4, 0.5) is 4.39 Å². The van der Waals surface area contributed by atoms with Gasteiger partial charge in [0.1, 0.15) is 0 Å².